The van der Waals surface area contributed by atoms with E-state index in [0.717, 1.165) is 31.5 Å². The zero-order chi connectivity index (χ0) is 12.4. The lowest BCUT2D eigenvalue weighted by atomic mass is 10.00. The van der Waals surface area contributed by atoms with E-state index in [1.807, 2.05) is 6.07 Å². The number of aromatic carboxylic acids is 1. The third-order valence-corrected chi connectivity index (χ3v) is 3.70. The summed E-state index contributed by atoms with van der Waals surface area (Å²) in [6.45, 7) is 6.19. The Bertz CT molecular complexity index is 424. The van der Waals surface area contributed by atoms with Crippen LogP contribution in [0.3, 0.4) is 0 Å². The normalized spacial score (nSPS) is 18.4. The van der Waals surface area contributed by atoms with Crippen LogP contribution in [-0.4, -0.2) is 29.1 Å². The molecule has 0 bridgehead atoms. The van der Waals surface area contributed by atoms with Crippen molar-refractivity contribution in [2.24, 2.45) is 0 Å². The number of fused-ring (bicyclic) bond motifs is 1. The highest BCUT2D eigenvalue weighted by Crippen LogP contribution is 2.37. The van der Waals surface area contributed by atoms with Crippen molar-refractivity contribution in [3.8, 4) is 0 Å². The van der Waals surface area contributed by atoms with Gasteiger partial charge < -0.3 is 5.11 Å². The molecule has 92 valence electrons. The Morgan fingerprint density at radius 3 is 2.71 bits per heavy atom. The van der Waals surface area contributed by atoms with E-state index >= 15 is 0 Å². The highest BCUT2D eigenvalue weighted by Gasteiger charge is 2.30. The maximum Gasteiger partial charge on any atom is 0.336 e. The predicted molar refractivity (Wildman–Crippen MR) is 67.4 cm³/mol. The monoisotopic (exact) mass is 233 g/mol. The summed E-state index contributed by atoms with van der Waals surface area (Å²) in [6, 6.07) is 5.92. The molecule has 17 heavy (non-hydrogen) atoms. The number of carbonyl (C=O) groups is 1. The first kappa shape index (κ1) is 12.1. The molecule has 3 heteroatoms. The molecule has 1 aromatic rings. The van der Waals surface area contributed by atoms with Crippen LogP contribution in [0.15, 0.2) is 18.2 Å². The molecule has 0 amide bonds. The Kier molecular flexibility index (Phi) is 3.48. The fourth-order valence-electron chi connectivity index (χ4n) is 2.88. The molecule has 0 radical (unpaired) electrons. The summed E-state index contributed by atoms with van der Waals surface area (Å²) in [5, 5.41) is 9.28. The summed E-state index contributed by atoms with van der Waals surface area (Å²) in [4.78, 5) is 13.6. The molecule has 1 aromatic carbocycles. The van der Waals surface area contributed by atoms with Crippen molar-refractivity contribution in [1.82, 2.24) is 4.90 Å². The van der Waals surface area contributed by atoms with E-state index in [-0.39, 0.29) is 6.04 Å². The largest absolute Gasteiger partial charge is 0.478 e. The maximum atomic E-state index is 11.3. The van der Waals surface area contributed by atoms with Crippen LogP contribution < -0.4 is 0 Å². The average molecular weight is 233 g/mol. The van der Waals surface area contributed by atoms with Crippen molar-refractivity contribution in [1.29, 1.82) is 0 Å². The van der Waals surface area contributed by atoms with Crippen molar-refractivity contribution < 1.29 is 9.90 Å². The molecule has 1 unspecified atom stereocenters. The van der Waals surface area contributed by atoms with E-state index in [4.69, 9.17) is 0 Å². The number of hydrogen-bond donors (Lipinski definition) is 1. The van der Waals surface area contributed by atoms with Gasteiger partial charge in [-0.25, -0.2) is 4.79 Å². The van der Waals surface area contributed by atoms with Crippen LogP contribution in [0.2, 0.25) is 0 Å². The van der Waals surface area contributed by atoms with E-state index in [9.17, 15) is 9.90 Å². The number of benzene rings is 1. The second kappa shape index (κ2) is 4.88. The van der Waals surface area contributed by atoms with Crippen LogP contribution in [0.5, 0.6) is 0 Å². The van der Waals surface area contributed by atoms with E-state index < -0.39 is 5.97 Å². The number of hydrogen-bond acceptors (Lipinski definition) is 2. The number of rotatable bonds is 4. The van der Waals surface area contributed by atoms with E-state index in [2.05, 4.69) is 24.8 Å². The second-order valence-corrected chi connectivity index (χ2v) is 4.46. The van der Waals surface area contributed by atoms with Gasteiger partial charge in [-0.1, -0.05) is 26.0 Å². The van der Waals surface area contributed by atoms with Gasteiger partial charge in [0.1, 0.15) is 0 Å². The maximum absolute atomic E-state index is 11.3. The molecule has 0 fully saturated rings. The molecule has 0 saturated heterocycles. The molecule has 1 aliphatic rings. The van der Waals surface area contributed by atoms with Crippen LogP contribution in [0.25, 0.3) is 0 Å². The van der Waals surface area contributed by atoms with Gasteiger partial charge in [0.05, 0.1) is 5.56 Å². The van der Waals surface area contributed by atoms with Crippen LogP contribution in [0, 0.1) is 0 Å². The Morgan fingerprint density at radius 1 is 1.41 bits per heavy atom. The molecule has 0 saturated carbocycles. The van der Waals surface area contributed by atoms with Gasteiger partial charge in [-0.2, -0.15) is 0 Å². The third-order valence-electron chi connectivity index (χ3n) is 3.70. The quantitative estimate of drug-likeness (QED) is 0.869. The van der Waals surface area contributed by atoms with Crippen molar-refractivity contribution in [2.45, 2.75) is 32.7 Å². The zero-order valence-electron chi connectivity index (χ0n) is 10.4. The Hall–Kier alpha value is -1.35. The lowest BCUT2D eigenvalue weighted by Crippen LogP contribution is -2.28. The van der Waals surface area contributed by atoms with E-state index in [0.29, 0.717) is 5.56 Å². The molecule has 0 aromatic heterocycles. The van der Waals surface area contributed by atoms with Gasteiger partial charge in [0, 0.05) is 6.04 Å². The van der Waals surface area contributed by atoms with Gasteiger partial charge in [-0.15, -0.1) is 0 Å². The molecular weight excluding hydrogens is 214 g/mol. The first-order valence-electron chi connectivity index (χ1n) is 6.28. The van der Waals surface area contributed by atoms with Crippen molar-refractivity contribution in [3.63, 3.8) is 0 Å². The second-order valence-electron chi connectivity index (χ2n) is 4.46. The molecule has 3 nitrogen and oxygen atoms in total. The summed E-state index contributed by atoms with van der Waals surface area (Å²) in [5.74, 6) is -0.805. The van der Waals surface area contributed by atoms with Crippen molar-refractivity contribution in [2.75, 3.05) is 13.1 Å². The summed E-state index contributed by atoms with van der Waals surface area (Å²) in [7, 11) is 0. The van der Waals surface area contributed by atoms with Crippen LogP contribution >= 0.6 is 0 Å². The van der Waals surface area contributed by atoms with Crippen molar-refractivity contribution >= 4 is 5.97 Å². The molecule has 1 aliphatic carbocycles. The summed E-state index contributed by atoms with van der Waals surface area (Å²) in [6.07, 6.45) is 2.04. The van der Waals surface area contributed by atoms with Gasteiger partial charge in [-0.3, -0.25) is 4.90 Å². The van der Waals surface area contributed by atoms with Crippen LogP contribution in [0.1, 0.15) is 47.8 Å². The van der Waals surface area contributed by atoms with E-state index in [1.54, 1.807) is 6.07 Å². The first-order chi connectivity index (χ1) is 8.19. The van der Waals surface area contributed by atoms with Gasteiger partial charge in [-0.05, 0) is 43.1 Å². The fraction of sp³-hybridized carbons (Fsp3) is 0.500. The highest BCUT2D eigenvalue weighted by atomic mass is 16.4. The minimum atomic E-state index is -0.805. The average Bonchev–Trinajstić information content (AvgIpc) is 2.75. The molecule has 1 N–H and O–H groups in total. The van der Waals surface area contributed by atoms with Crippen molar-refractivity contribution in [3.05, 3.63) is 34.9 Å². The topological polar surface area (TPSA) is 40.5 Å². The van der Waals surface area contributed by atoms with Gasteiger partial charge >= 0.3 is 5.97 Å². The zero-order valence-corrected chi connectivity index (χ0v) is 10.4. The minimum Gasteiger partial charge on any atom is -0.478 e. The number of nitrogens with zero attached hydrogens (tertiary/aromatic N) is 1. The summed E-state index contributed by atoms with van der Waals surface area (Å²) < 4.78 is 0. The van der Waals surface area contributed by atoms with Crippen LogP contribution in [0.4, 0.5) is 0 Å². The minimum absolute atomic E-state index is 0.285. The molecule has 0 aliphatic heterocycles. The first-order valence-corrected chi connectivity index (χ1v) is 6.28. The predicted octanol–water partition coefficient (Wildman–Crippen LogP) is 2.71. The lowest BCUT2D eigenvalue weighted by molar-refractivity contribution is 0.0693. The Labute approximate surface area is 102 Å². The van der Waals surface area contributed by atoms with Gasteiger partial charge in [0.15, 0.2) is 0 Å². The summed E-state index contributed by atoms with van der Waals surface area (Å²) >= 11 is 0. The number of aryl methyl sites for hydroxylation is 1. The molecule has 0 heterocycles. The Morgan fingerprint density at radius 2 is 2.12 bits per heavy atom. The number of carboxylic acid groups (broad SMARTS) is 1. The fourth-order valence-corrected chi connectivity index (χ4v) is 2.88. The summed E-state index contributed by atoms with van der Waals surface area (Å²) in [5.41, 5.74) is 2.74. The Balaban J connectivity index is 2.44. The highest BCUT2D eigenvalue weighted by molar-refractivity contribution is 5.90. The SMILES string of the molecule is CCN(CC)C1CCc2cccc(C(=O)O)c21. The smallest absolute Gasteiger partial charge is 0.336 e. The number of carboxylic acids is 1. The van der Waals surface area contributed by atoms with Gasteiger partial charge in [0.25, 0.3) is 0 Å². The van der Waals surface area contributed by atoms with Gasteiger partial charge in [0.2, 0.25) is 0 Å². The lowest BCUT2D eigenvalue weighted by Gasteiger charge is -2.27. The molecule has 0 spiro atoms. The molecule has 2 rings (SSSR count). The van der Waals surface area contributed by atoms with E-state index in [1.165, 1.54) is 5.56 Å². The third kappa shape index (κ3) is 2.07. The molecular formula is C14H19NO2. The van der Waals surface area contributed by atoms with Crippen LogP contribution in [-0.2, 0) is 6.42 Å². The standard InChI is InChI=1S/C14H19NO2/c1-3-15(4-2)12-9-8-10-6-5-7-11(13(10)12)14(16)17/h5-7,12H,3-4,8-9H2,1-2H3,(H,16,17). The molecule has 1 atom stereocenters.